The fraction of sp³-hybridized carbons (Fsp3) is 0.368. The Kier molecular flexibility index (Phi) is 5.25. The second-order valence-electron chi connectivity index (χ2n) is 7.05. The van der Waals surface area contributed by atoms with Gasteiger partial charge in [-0.3, -0.25) is 9.69 Å². The van der Waals surface area contributed by atoms with Crippen LogP contribution in [-0.2, 0) is 11.3 Å². The molecule has 1 fully saturated rings. The van der Waals surface area contributed by atoms with E-state index in [1.54, 1.807) is 23.4 Å². The summed E-state index contributed by atoms with van der Waals surface area (Å²) in [5.74, 6) is 0.546. The number of nitrogens with zero attached hydrogens (tertiary/aromatic N) is 4. The number of pyridine rings is 1. The predicted molar refractivity (Wildman–Crippen MR) is 108 cm³/mol. The number of piperidine rings is 1. The number of carbonyl (C=O) groups is 1. The van der Waals surface area contributed by atoms with E-state index in [4.69, 9.17) is 17.3 Å². The van der Waals surface area contributed by atoms with Crippen LogP contribution in [0.15, 0.2) is 36.9 Å². The summed E-state index contributed by atoms with van der Waals surface area (Å²) in [6.45, 7) is 2.16. The van der Waals surface area contributed by atoms with E-state index in [0.29, 0.717) is 42.5 Å². The Morgan fingerprint density at radius 1 is 1.21 bits per heavy atom. The molecule has 4 N–H and O–H groups in total. The van der Waals surface area contributed by atoms with E-state index in [0.717, 1.165) is 24.0 Å². The maximum Gasteiger partial charge on any atom is 0.236 e. The maximum atomic E-state index is 13.8. The zero-order valence-corrected chi connectivity index (χ0v) is 16.1. The fourth-order valence-electron chi connectivity index (χ4n) is 3.70. The van der Waals surface area contributed by atoms with Crippen LogP contribution in [0.2, 0.25) is 5.15 Å². The van der Waals surface area contributed by atoms with Crippen LogP contribution in [0.25, 0.3) is 11.0 Å². The number of rotatable bonds is 5. The molecule has 0 bridgehead atoms. The van der Waals surface area contributed by atoms with E-state index in [1.807, 2.05) is 12.1 Å². The van der Waals surface area contributed by atoms with Crippen molar-refractivity contribution in [1.82, 2.24) is 25.3 Å². The number of H-pyrrole nitrogens is 1. The molecule has 28 heavy (non-hydrogen) atoms. The minimum Gasteiger partial charge on any atom is -0.346 e. The Morgan fingerprint density at radius 2 is 2.04 bits per heavy atom. The van der Waals surface area contributed by atoms with Gasteiger partial charge in [-0.05, 0) is 43.6 Å². The number of amides is 1. The third-order valence-electron chi connectivity index (χ3n) is 5.37. The SMILES string of the molecule is NCC1(C(=O)N(Cc2ccc(Cl)nc2)c2ncnc3[nH]ccc23)CCNCC1. The van der Waals surface area contributed by atoms with Gasteiger partial charge in [0.2, 0.25) is 5.91 Å². The molecule has 0 radical (unpaired) electrons. The van der Waals surface area contributed by atoms with Crippen LogP contribution in [-0.4, -0.2) is 45.5 Å². The number of aromatic amines is 1. The average Bonchev–Trinajstić information content (AvgIpc) is 3.22. The molecule has 3 aromatic heterocycles. The smallest absolute Gasteiger partial charge is 0.236 e. The summed E-state index contributed by atoms with van der Waals surface area (Å²) in [5, 5.41) is 4.51. The second-order valence-corrected chi connectivity index (χ2v) is 7.44. The van der Waals surface area contributed by atoms with Crippen molar-refractivity contribution in [3.63, 3.8) is 0 Å². The number of halogens is 1. The molecule has 0 aromatic carbocycles. The molecule has 1 saturated heterocycles. The van der Waals surface area contributed by atoms with Crippen molar-refractivity contribution < 1.29 is 4.79 Å². The standard InChI is InChI=1S/C19H22ClN7O/c20-15-2-1-13(9-24-15)10-27(17-14-3-6-23-16(14)25-12-26-17)18(28)19(11-21)4-7-22-8-5-19/h1-3,6,9,12,22H,4-5,7-8,10-11,21H2,(H,23,25,26). The summed E-state index contributed by atoms with van der Waals surface area (Å²) in [5.41, 5.74) is 7.05. The van der Waals surface area contributed by atoms with E-state index >= 15 is 0 Å². The van der Waals surface area contributed by atoms with E-state index in [-0.39, 0.29) is 5.91 Å². The molecule has 8 nitrogen and oxygen atoms in total. The van der Waals surface area contributed by atoms with E-state index in [2.05, 4.69) is 25.3 Å². The first-order chi connectivity index (χ1) is 13.6. The van der Waals surface area contributed by atoms with Gasteiger partial charge in [0.05, 0.1) is 17.3 Å². The van der Waals surface area contributed by atoms with Crippen molar-refractivity contribution in [2.75, 3.05) is 24.5 Å². The highest BCUT2D eigenvalue weighted by Gasteiger charge is 2.42. The first-order valence-corrected chi connectivity index (χ1v) is 9.62. The van der Waals surface area contributed by atoms with Gasteiger partial charge >= 0.3 is 0 Å². The normalized spacial score (nSPS) is 16.2. The van der Waals surface area contributed by atoms with Crippen LogP contribution in [0.5, 0.6) is 0 Å². The topological polar surface area (TPSA) is 113 Å². The Morgan fingerprint density at radius 3 is 2.75 bits per heavy atom. The van der Waals surface area contributed by atoms with E-state index in [1.165, 1.54) is 6.33 Å². The third kappa shape index (κ3) is 3.46. The summed E-state index contributed by atoms with van der Waals surface area (Å²) in [7, 11) is 0. The molecule has 3 aromatic rings. The van der Waals surface area contributed by atoms with Crippen molar-refractivity contribution in [3.05, 3.63) is 47.6 Å². The average molecular weight is 400 g/mol. The summed E-state index contributed by atoms with van der Waals surface area (Å²) in [4.78, 5) is 31.4. The second kappa shape index (κ2) is 7.83. The molecule has 146 valence electrons. The molecule has 1 aliphatic heterocycles. The van der Waals surface area contributed by atoms with Crippen LogP contribution in [0, 0.1) is 5.41 Å². The lowest BCUT2D eigenvalue weighted by atomic mass is 9.77. The van der Waals surface area contributed by atoms with Crippen LogP contribution in [0.1, 0.15) is 18.4 Å². The lowest BCUT2D eigenvalue weighted by Crippen LogP contribution is -2.53. The van der Waals surface area contributed by atoms with Gasteiger partial charge in [0, 0.05) is 18.9 Å². The minimum absolute atomic E-state index is 0.0207. The zero-order valence-electron chi connectivity index (χ0n) is 15.4. The number of anilines is 1. The van der Waals surface area contributed by atoms with Gasteiger partial charge in [-0.15, -0.1) is 0 Å². The quantitative estimate of drug-likeness (QED) is 0.564. The predicted octanol–water partition coefficient (Wildman–Crippen LogP) is 1.87. The summed E-state index contributed by atoms with van der Waals surface area (Å²) < 4.78 is 0. The first-order valence-electron chi connectivity index (χ1n) is 9.24. The lowest BCUT2D eigenvalue weighted by molar-refractivity contribution is -0.129. The van der Waals surface area contributed by atoms with Crippen LogP contribution in [0.3, 0.4) is 0 Å². The number of fused-ring (bicyclic) bond motifs is 1. The maximum absolute atomic E-state index is 13.8. The highest BCUT2D eigenvalue weighted by atomic mass is 35.5. The highest BCUT2D eigenvalue weighted by molar-refractivity contribution is 6.29. The molecule has 1 amide bonds. The molecule has 4 heterocycles. The van der Waals surface area contributed by atoms with Gasteiger partial charge in [0.1, 0.15) is 22.9 Å². The number of aromatic nitrogens is 4. The van der Waals surface area contributed by atoms with Gasteiger partial charge in [-0.25, -0.2) is 15.0 Å². The molecule has 0 spiro atoms. The number of hydrogen-bond donors (Lipinski definition) is 3. The van der Waals surface area contributed by atoms with Gasteiger partial charge < -0.3 is 16.0 Å². The Bertz CT molecular complexity index is 966. The van der Waals surface area contributed by atoms with Crippen molar-refractivity contribution in [1.29, 1.82) is 0 Å². The molecule has 0 unspecified atom stereocenters. The monoisotopic (exact) mass is 399 g/mol. The molecule has 0 atom stereocenters. The Balaban J connectivity index is 1.77. The summed E-state index contributed by atoms with van der Waals surface area (Å²) >= 11 is 5.92. The molecular weight excluding hydrogens is 378 g/mol. The van der Waals surface area contributed by atoms with Gasteiger partial charge in [-0.1, -0.05) is 17.7 Å². The van der Waals surface area contributed by atoms with Gasteiger partial charge in [0.15, 0.2) is 0 Å². The van der Waals surface area contributed by atoms with Crippen LogP contribution in [0.4, 0.5) is 5.82 Å². The van der Waals surface area contributed by atoms with Crippen molar-refractivity contribution in [3.8, 4) is 0 Å². The Hall–Kier alpha value is -2.55. The summed E-state index contributed by atoms with van der Waals surface area (Å²) in [6.07, 6.45) is 6.32. The van der Waals surface area contributed by atoms with Crippen LogP contribution >= 0.6 is 11.6 Å². The van der Waals surface area contributed by atoms with E-state index in [9.17, 15) is 4.79 Å². The molecular formula is C19H22ClN7O. The summed E-state index contributed by atoms with van der Waals surface area (Å²) in [6, 6.07) is 5.46. The highest BCUT2D eigenvalue weighted by Crippen LogP contribution is 2.34. The minimum atomic E-state index is -0.612. The van der Waals surface area contributed by atoms with Crippen molar-refractivity contribution in [2.24, 2.45) is 11.1 Å². The van der Waals surface area contributed by atoms with Gasteiger partial charge in [0.25, 0.3) is 0 Å². The number of nitrogens with two attached hydrogens (primary N) is 1. The van der Waals surface area contributed by atoms with Crippen molar-refractivity contribution >= 4 is 34.4 Å². The first kappa shape index (κ1) is 18.8. The van der Waals surface area contributed by atoms with Crippen LogP contribution < -0.4 is 16.0 Å². The molecule has 0 saturated carbocycles. The molecule has 9 heteroatoms. The zero-order chi connectivity index (χ0) is 19.6. The number of nitrogens with one attached hydrogen (secondary N) is 2. The third-order valence-corrected chi connectivity index (χ3v) is 5.59. The Labute approximate surface area is 167 Å². The molecule has 0 aliphatic carbocycles. The molecule has 4 rings (SSSR count). The van der Waals surface area contributed by atoms with E-state index < -0.39 is 5.41 Å². The lowest BCUT2D eigenvalue weighted by Gasteiger charge is -2.39. The van der Waals surface area contributed by atoms with Gasteiger partial charge in [-0.2, -0.15) is 0 Å². The molecule has 1 aliphatic rings. The number of carbonyl (C=O) groups excluding carboxylic acids is 1. The largest absolute Gasteiger partial charge is 0.346 e. The van der Waals surface area contributed by atoms with Crippen molar-refractivity contribution in [2.45, 2.75) is 19.4 Å². The number of hydrogen-bond acceptors (Lipinski definition) is 6. The fourth-order valence-corrected chi connectivity index (χ4v) is 3.81.